The molecule has 1 atom stereocenters. The van der Waals surface area contributed by atoms with Gasteiger partial charge in [0, 0.05) is 17.7 Å². The Balaban J connectivity index is 2.04. The molecule has 4 rings (SSSR count). The standard InChI is InChI=1S/C28H27N3O5/c1-28(2)13-12-21(32)18-14-17(10-11-20(18)28)31-24(27(34)36-4)23(26(33)35-3)22(19(15-29)25(31)30)16-8-6-5-7-9-16/h5-11,14,22H,12-13,30H2,1-4H3. The summed E-state index contributed by atoms with van der Waals surface area (Å²) in [4.78, 5) is 40.5. The second-order valence-electron chi connectivity index (χ2n) is 9.37. The molecule has 0 fully saturated rings. The van der Waals surface area contributed by atoms with Gasteiger partial charge in [0.05, 0.1) is 37.4 Å². The van der Waals surface area contributed by atoms with Gasteiger partial charge >= 0.3 is 11.9 Å². The van der Waals surface area contributed by atoms with E-state index in [9.17, 15) is 19.6 Å². The van der Waals surface area contributed by atoms with E-state index in [2.05, 4.69) is 19.9 Å². The Bertz CT molecular complexity index is 1370. The molecular weight excluding hydrogens is 458 g/mol. The second-order valence-corrected chi connectivity index (χ2v) is 9.37. The summed E-state index contributed by atoms with van der Waals surface area (Å²) in [5.74, 6) is -2.65. The van der Waals surface area contributed by atoms with Crippen LogP contribution in [0, 0.1) is 11.3 Å². The first-order valence-corrected chi connectivity index (χ1v) is 11.5. The number of anilines is 1. The van der Waals surface area contributed by atoms with Gasteiger partial charge in [0.15, 0.2) is 5.78 Å². The summed E-state index contributed by atoms with van der Waals surface area (Å²) in [5.41, 5.74) is 8.51. The minimum absolute atomic E-state index is 0.0230. The van der Waals surface area contributed by atoms with Crippen molar-refractivity contribution in [1.82, 2.24) is 0 Å². The molecule has 184 valence electrons. The van der Waals surface area contributed by atoms with E-state index in [-0.39, 0.29) is 33.9 Å². The van der Waals surface area contributed by atoms with Crippen LogP contribution in [0.25, 0.3) is 0 Å². The van der Waals surface area contributed by atoms with Crippen LogP contribution in [0.3, 0.4) is 0 Å². The molecule has 2 N–H and O–H groups in total. The molecule has 8 nitrogen and oxygen atoms in total. The van der Waals surface area contributed by atoms with Gasteiger partial charge in [-0.05, 0) is 35.1 Å². The number of methoxy groups -OCH3 is 2. The third-order valence-electron chi connectivity index (χ3n) is 6.88. The molecule has 0 aromatic heterocycles. The Hall–Kier alpha value is -4.38. The largest absolute Gasteiger partial charge is 0.466 e. The summed E-state index contributed by atoms with van der Waals surface area (Å²) in [5, 5.41) is 10.2. The molecule has 0 saturated heterocycles. The number of allylic oxidation sites excluding steroid dienone is 1. The van der Waals surface area contributed by atoms with Gasteiger partial charge < -0.3 is 15.2 Å². The van der Waals surface area contributed by atoms with Crippen LogP contribution in [0.2, 0.25) is 0 Å². The van der Waals surface area contributed by atoms with E-state index >= 15 is 0 Å². The van der Waals surface area contributed by atoms with Crippen molar-refractivity contribution < 1.29 is 23.9 Å². The number of benzene rings is 2. The third-order valence-corrected chi connectivity index (χ3v) is 6.88. The van der Waals surface area contributed by atoms with Gasteiger partial charge in [0.25, 0.3) is 0 Å². The van der Waals surface area contributed by atoms with Crippen LogP contribution in [0.15, 0.2) is 71.2 Å². The monoisotopic (exact) mass is 485 g/mol. The highest BCUT2D eigenvalue weighted by Crippen LogP contribution is 2.45. The summed E-state index contributed by atoms with van der Waals surface area (Å²) < 4.78 is 10.1. The molecule has 1 aliphatic heterocycles. The number of esters is 2. The average molecular weight is 486 g/mol. The van der Waals surface area contributed by atoms with Crippen LogP contribution in [0.4, 0.5) is 5.69 Å². The fraction of sp³-hybridized carbons (Fsp3) is 0.286. The Morgan fingerprint density at radius 3 is 2.36 bits per heavy atom. The van der Waals surface area contributed by atoms with Gasteiger partial charge in [-0.25, -0.2) is 9.59 Å². The van der Waals surface area contributed by atoms with Gasteiger partial charge in [-0.3, -0.25) is 9.69 Å². The molecule has 0 bridgehead atoms. The quantitative estimate of drug-likeness (QED) is 0.648. The first kappa shape index (κ1) is 24.7. The Morgan fingerprint density at radius 2 is 1.75 bits per heavy atom. The molecule has 0 saturated carbocycles. The van der Waals surface area contributed by atoms with Crippen LogP contribution in [0.5, 0.6) is 0 Å². The van der Waals surface area contributed by atoms with E-state index in [0.717, 1.165) is 12.0 Å². The van der Waals surface area contributed by atoms with Gasteiger partial charge in [0.1, 0.15) is 11.5 Å². The fourth-order valence-corrected chi connectivity index (χ4v) is 4.97. The maximum Gasteiger partial charge on any atom is 0.355 e. The van der Waals surface area contributed by atoms with Crippen molar-refractivity contribution in [1.29, 1.82) is 5.26 Å². The number of nitrogens with two attached hydrogens (primary N) is 1. The van der Waals surface area contributed by atoms with E-state index in [1.807, 2.05) is 6.07 Å². The van der Waals surface area contributed by atoms with Gasteiger partial charge in [-0.2, -0.15) is 5.26 Å². The number of carbonyl (C=O) groups excluding carboxylic acids is 3. The first-order valence-electron chi connectivity index (χ1n) is 11.5. The molecule has 0 amide bonds. The predicted molar refractivity (Wildman–Crippen MR) is 133 cm³/mol. The number of Topliss-reactive ketones (excluding diaryl/α,β-unsaturated/α-hetero) is 1. The molecule has 0 radical (unpaired) electrons. The summed E-state index contributed by atoms with van der Waals surface area (Å²) in [6.45, 7) is 4.14. The van der Waals surface area contributed by atoms with E-state index in [4.69, 9.17) is 15.2 Å². The molecular formula is C28H27N3O5. The van der Waals surface area contributed by atoms with Crippen molar-refractivity contribution in [3.63, 3.8) is 0 Å². The smallest absolute Gasteiger partial charge is 0.355 e. The lowest BCUT2D eigenvalue weighted by Crippen LogP contribution is -2.41. The van der Waals surface area contributed by atoms with Gasteiger partial charge in [-0.1, -0.05) is 50.2 Å². The van der Waals surface area contributed by atoms with Crippen molar-refractivity contribution in [2.75, 3.05) is 19.1 Å². The number of rotatable bonds is 4. The third kappa shape index (κ3) is 3.93. The van der Waals surface area contributed by atoms with Crippen molar-refractivity contribution in [3.05, 3.63) is 87.9 Å². The molecule has 1 unspecified atom stereocenters. The minimum Gasteiger partial charge on any atom is -0.466 e. The second kappa shape index (κ2) is 9.34. The maximum atomic E-state index is 13.2. The van der Waals surface area contributed by atoms with Crippen molar-refractivity contribution >= 4 is 23.4 Å². The number of hydrogen-bond donors (Lipinski definition) is 1. The number of fused-ring (bicyclic) bond motifs is 1. The highest BCUT2D eigenvalue weighted by Gasteiger charge is 2.43. The zero-order chi connectivity index (χ0) is 26.2. The molecule has 2 aromatic rings. The maximum absolute atomic E-state index is 13.2. The zero-order valence-corrected chi connectivity index (χ0v) is 20.6. The number of hydrogen-bond acceptors (Lipinski definition) is 8. The zero-order valence-electron chi connectivity index (χ0n) is 20.6. The SMILES string of the molecule is COC(=O)C1=C(C(=O)OC)N(c2ccc3c(c2)C(=O)CCC3(C)C)C(N)=C(C#N)C1c1ccccc1. The summed E-state index contributed by atoms with van der Waals surface area (Å²) >= 11 is 0. The van der Waals surface area contributed by atoms with Crippen molar-refractivity contribution in [2.24, 2.45) is 5.73 Å². The number of carbonyl (C=O) groups is 3. The number of ketones is 1. The van der Waals surface area contributed by atoms with Gasteiger partial charge in [-0.15, -0.1) is 0 Å². The lowest BCUT2D eigenvalue weighted by atomic mass is 9.72. The lowest BCUT2D eigenvalue weighted by molar-refractivity contribution is -0.139. The Kier molecular flexibility index (Phi) is 6.42. The molecule has 8 heteroatoms. The Morgan fingerprint density at radius 1 is 1.08 bits per heavy atom. The highest BCUT2D eigenvalue weighted by molar-refractivity contribution is 6.07. The topological polar surface area (TPSA) is 123 Å². The van der Waals surface area contributed by atoms with Crippen LogP contribution in [-0.4, -0.2) is 31.9 Å². The highest BCUT2D eigenvalue weighted by atomic mass is 16.5. The fourth-order valence-electron chi connectivity index (χ4n) is 4.97. The normalized spacial score (nSPS) is 18.9. The number of nitrogens with zero attached hydrogens (tertiary/aromatic N) is 2. The van der Waals surface area contributed by atoms with Gasteiger partial charge in [0.2, 0.25) is 0 Å². The number of ether oxygens (including phenoxy) is 2. The van der Waals surface area contributed by atoms with E-state index in [1.165, 1.54) is 19.1 Å². The first-order chi connectivity index (χ1) is 17.2. The average Bonchev–Trinajstić information content (AvgIpc) is 2.89. The van der Waals surface area contributed by atoms with Crippen LogP contribution in [0.1, 0.15) is 54.1 Å². The molecule has 1 aliphatic carbocycles. The van der Waals surface area contributed by atoms with Crippen molar-refractivity contribution in [3.8, 4) is 6.07 Å². The summed E-state index contributed by atoms with van der Waals surface area (Å²) in [6.07, 6.45) is 1.11. The summed E-state index contributed by atoms with van der Waals surface area (Å²) in [7, 11) is 2.39. The van der Waals surface area contributed by atoms with Crippen LogP contribution in [-0.2, 0) is 24.5 Å². The lowest BCUT2D eigenvalue weighted by Gasteiger charge is -2.37. The van der Waals surface area contributed by atoms with Crippen molar-refractivity contribution in [2.45, 2.75) is 38.0 Å². The molecule has 0 spiro atoms. The van der Waals surface area contributed by atoms with Crippen LogP contribution >= 0.6 is 0 Å². The Labute approximate surface area is 209 Å². The van der Waals surface area contributed by atoms with E-state index < -0.39 is 17.9 Å². The van der Waals surface area contributed by atoms with E-state index in [1.54, 1.807) is 42.5 Å². The molecule has 2 aromatic carbocycles. The molecule has 2 aliphatic rings. The number of nitriles is 1. The summed E-state index contributed by atoms with van der Waals surface area (Å²) in [6, 6.07) is 16.1. The van der Waals surface area contributed by atoms with E-state index in [0.29, 0.717) is 23.2 Å². The predicted octanol–water partition coefficient (Wildman–Crippen LogP) is 3.84. The minimum atomic E-state index is -0.952. The molecule has 1 heterocycles. The molecule has 36 heavy (non-hydrogen) atoms. The van der Waals surface area contributed by atoms with Crippen LogP contribution < -0.4 is 10.6 Å².